The van der Waals surface area contributed by atoms with E-state index in [-0.39, 0.29) is 45.6 Å². The number of hydrogen-bond acceptors (Lipinski definition) is 8. The van der Waals surface area contributed by atoms with E-state index >= 15 is 0 Å². The van der Waals surface area contributed by atoms with E-state index in [1.165, 1.54) is 19.9 Å². The molecule has 164 valence electrons. The molecule has 1 aliphatic carbocycles. The Labute approximate surface area is 179 Å². The standard InChI is InChI=1S/C23H25NO7/c1-10-19(27)17(12(3)25)21-18(20(10)28)23(4)15(31-21)8-14(26)16(22(23)29)11(2)24-9-13-6-5-7-30-13/h8,13,24,27-28H,5-7,9H2,1-4H3/b16-11+/t13?,23-/m1/s1. The highest BCUT2D eigenvalue weighted by Crippen LogP contribution is 2.57. The molecule has 2 heterocycles. The maximum Gasteiger partial charge on any atom is 0.194 e. The molecule has 0 bridgehead atoms. The first kappa shape index (κ1) is 21.1. The van der Waals surface area contributed by atoms with Gasteiger partial charge in [-0.3, -0.25) is 14.4 Å². The summed E-state index contributed by atoms with van der Waals surface area (Å²) in [5.74, 6) is -2.35. The van der Waals surface area contributed by atoms with Crippen LogP contribution in [0.5, 0.6) is 17.2 Å². The lowest BCUT2D eigenvalue weighted by Gasteiger charge is -2.29. The first-order valence-electron chi connectivity index (χ1n) is 10.2. The molecule has 1 aromatic carbocycles. The second-order valence-electron chi connectivity index (χ2n) is 8.40. The number of benzene rings is 1. The fourth-order valence-electron chi connectivity index (χ4n) is 4.52. The van der Waals surface area contributed by atoms with Crippen LogP contribution in [0.1, 0.15) is 55.1 Å². The van der Waals surface area contributed by atoms with Crippen LogP contribution in [0.2, 0.25) is 0 Å². The molecule has 4 rings (SSSR count). The van der Waals surface area contributed by atoms with Crippen LogP contribution in [-0.2, 0) is 19.7 Å². The van der Waals surface area contributed by atoms with E-state index in [2.05, 4.69) is 5.32 Å². The molecular formula is C23H25NO7. The summed E-state index contributed by atoms with van der Waals surface area (Å²) >= 11 is 0. The number of ketones is 3. The Morgan fingerprint density at radius 1 is 1.26 bits per heavy atom. The zero-order chi connectivity index (χ0) is 22.7. The molecule has 0 aromatic heterocycles. The van der Waals surface area contributed by atoms with Gasteiger partial charge >= 0.3 is 0 Å². The maximum absolute atomic E-state index is 13.6. The van der Waals surface area contributed by atoms with Gasteiger partial charge < -0.3 is 25.0 Å². The molecule has 0 radical (unpaired) electrons. The molecule has 3 aliphatic rings. The van der Waals surface area contributed by atoms with Crippen molar-refractivity contribution >= 4 is 17.3 Å². The number of carbonyl (C=O) groups excluding carboxylic acids is 3. The van der Waals surface area contributed by atoms with E-state index in [1.807, 2.05) is 0 Å². The molecule has 0 spiro atoms. The van der Waals surface area contributed by atoms with Crippen molar-refractivity contribution in [3.05, 3.63) is 39.8 Å². The Morgan fingerprint density at radius 2 is 1.97 bits per heavy atom. The zero-order valence-corrected chi connectivity index (χ0v) is 17.9. The van der Waals surface area contributed by atoms with Gasteiger partial charge in [0.25, 0.3) is 0 Å². The second kappa shape index (κ2) is 7.23. The smallest absolute Gasteiger partial charge is 0.194 e. The fraction of sp³-hybridized carbons (Fsp3) is 0.435. The van der Waals surface area contributed by atoms with Crippen molar-refractivity contribution in [3.63, 3.8) is 0 Å². The van der Waals surface area contributed by atoms with Crippen molar-refractivity contribution in [3.8, 4) is 17.2 Å². The Kier molecular flexibility index (Phi) is 4.93. The third-order valence-electron chi connectivity index (χ3n) is 6.38. The van der Waals surface area contributed by atoms with Gasteiger partial charge in [0, 0.05) is 30.5 Å². The lowest BCUT2D eigenvalue weighted by atomic mass is 9.70. The van der Waals surface area contributed by atoms with E-state index in [0.717, 1.165) is 12.8 Å². The molecule has 1 aromatic rings. The van der Waals surface area contributed by atoms with Gasteiger partial charge in [0.15, 0.2) is 17.3 Å². The summed E-state index contributed by atoms with van der Waals surface area (Å²) in [6.07, 6.45) is 3.12. The second-order valence-corrected chi connectivity index (χ2v) is 8.40. The van der Waals surface area contributed by atoms with Crippen LogP contribution in [0.25, 0.3) is 0 Å². The average molecular weight is 427 g/mol. The topological polar surface area (TPSA) is 122 Å². The molecular weight excluding hydrogens is 402 g/mol. The Balaban J connectivity index is 1.83. The fourth-order valence-corrected chi connectivity index (χ4v) is 4.52. The summed E-state index contributed by atoms with van der Waals surface area (Å²) in [7, 11) is 0. The van der Waals surface area contributed by atoms with E-state index in [9.17, 15) is 24.6 Å². The van der Waals surface area contributed by atoms with Crippen LogP contribution in [-0.4, -0.2) is 46.8 Å². The van der Waals surface area contributed by atoms with Gasteiger partial charge in [0.1, 0.15) is 34.0 Å². The number of ether oxygens (including phenoxy) is 2. The Bertz CT molecular complexity index is 1090. The van der Waals surface area contributed by atoms with Crippen LogP contribution < -0.4 is 10.1 Å². The molecule has 31 heavy (non-hydrogen) atoms. The van der Waals surface area contributed by atoms with Gasteiger partial charge in [-0.15, -0.1) is 0 Å². The Hall–Kier alpha value is -3.13. The number of carbonyl (C=O) groups is 3. The Morgan fingerprint density at radius 3 is 2.58 bits per heavy atom. The van der Waals surface area contributed by atoms with E-state index in [0.29, 0.717) is 18.8 Å². The zero-order valence-electron chi connectivity index (χ0n) is 17.9. The normalized spacial score (nSPS) is 26.2. The predicted molar refractivity (Wildman–Crippen MR) is 110 cm³/mol. The summed E-state index contributed by atoms with van der Waals surface area (Å²) in [6, 6.07) is 0. The lowest BCUT2D eigenvalue weighted by Crippen LogP contribution is -2.41. The van der Waals surface area contributed by atoms with E-state index in [4.69, 9.17) is 9.47 Å². The molecule has 1 saturated heterocycles. The minimum Gasteiger partial charge on any atom is -0.507 e. The van der Waals surface area contributed by atoms with Crippen LogP contribution in [0.15, 0.2) is 23.1 Å². The molecule has 2 atom stereocenters. The van der Waals surface area contributed by atoms with Crippen molar-refractivity contribution in [1.82, 2.24) is 5.32 Å². The number of rotatable bonds is 4. The van der Waals surface area contributed by atoms with Crippen LogP contribution in [0.4, 0.5) is 0 Å². The van der Waals surface area contributed by atoms with Crippen LogP contribution in [0, 0.1) is 6.92 Å². The largest absolute Gasteiger partial charge is 0.507 e. The van der Waals surface area contributed by atoms with E-state index < -0.39 is 28.5 Å². The number of phenolic OH excluding ortho intramolecular Hbond substituents is 2. The van der Waals surface area contributed by atoms with Gasteiger partial charge in [-0.2, -0.15) is 0 Å². The quantitative estimate of drug-likeness (QED) is 0.380. The highest BCUT2D eigenvalue weighted by atomic mass is 16.5. The number of aromatic hydroxyl groups is 2. The predicted octanol–water partition coefficient (Wildman–Crippen LogP) is 2.34. The van der Waals surface area contributed by atoms with Gasteiger partial charge in [0.05, 0.1) is 17.2 Å². The lowest BCUT2D eigenvalue weighted by molar-refractivity contribution is -0.123. The number of allylic oxidation sites excluding steroid dienone is 4. The molecule has 1 unspecified atom stereocenters. The number of Topliss-reactive ketones (excluding diaryl/α,β-unsaturated/α-hetero) is 2. The van der Waals surface area contributed by atoms with Gasteiger partial charge in [0.2, 0.25) is 0 Å². The monoisotopic (exact) mass is 427 g/mol. The van der Waals surface area contributed by atoms with Crippen molar-refractivity contribution < 1.29 is 34.1 Å². The number of nitrogens with one attached hydrogen (secondary N) is 1. The first-order chi connectivity index (χ1) is 14.6. The maximum atomic E-state index is 13.6. The molecule has 8 heteroatoms. The summed E-state index contributed by atoms with van der Waals surface area (Å²) in [5.41, 5.74) is -1.09. The third kappa shape index (κ3) is 2.96. The molecule has 3 N–H and O–H groups in total. The third-order valence-corrected chi connectivity index (χ3v) is 6.38. The van der Waals surface area contributed by atoms with Crippen molar-refractivity contribution in [2.24, 2.45) is 0 Å². The van der Waals surface area contributed by atoms with Crippen LogP contribution >= 0.6 is 0 Å². The molecule has 0 amide bonds. The van der Waals surface area contributed by atoms with Crippen molar-refractivity contribution in [2.75, 3.05) is 13.2 Å². The van der Waals surface area contributed by atoms with Gasteiger partial charge in [-0.25, -0.2) is 0 Å². The molecule has 1 fully saturated rings. The minimum atomic E-state index is -1.50. The molecule has 2 aliphatic heterocycles. The summed E-state index contributed by atoms with van der Waals surface area (Å²) in [4.78, 5) is 38.7. The van der Waals surface area contributed by atoms with Crippen LogP contribution in [0.3, 0.4) is 0 Å². The first-order valence-corrected chi connectivity index (χ1v) is 10.2. The molecule has 8 nitrogen and oxygen atoms in total. The van der Waals surface area contributed by atoms with Gasteiger partial charge in [-0.05, 0) is 40.5 Å². The highest BCUT2D eigenvalue weighted by Gasteiger charge is 2.56. The van der Waals surface area contributed by atoms with Crippen molar-refractivity contribution in [1.29, 1.82) is 0 Å². The summed E-state index contributed by atoms with van der Waals surface area (Å²) in [5, 5.41) is 24.3. The highest BCUT2D eigenvalue weighted by molar-refractivity contribution is 6.31. The summed E-state index contributed by atoms with van der Waals surface area (Å²) in [6.45, 7) is 7.08. The minimum absolute atomic E-state index is 0.0226. The average Bonchev–Trinajstić information content (AvgIpc) is 3.31. The number of hydrogen-bond donors (Lipinski definition) is 3. The van der Waals surface area contributed by atoms with Crippen molar-refractivity contribution in [2.45, 2.75) is 52.1 Å². The number of fused-ring (bicyclic) bond motifs is 3. The van der Waals surface area contributed by atoms with Gasteiger partial charge in [-0.1, -0.05) is 0 Å². The summed E-state index contributed by atoms with van der Waals surface area (Å²) < 4.78 is 11.3. The van der Waals surface area contributed by atoms with E-state index in [1.54, 1.807) is 13.8 Å². The molecule has 0 saturated carbocycles. The SMILES string of the molecule is CC(=O)c1c(O)c(C)c(O)c2c1OC1=CC(=O)/C(=C(/C)NCC3CCCO3)C(=O)[C@]12C. The number of phenols is 2.